The number of rotatable bonds is 2. The van der Waals surface area contributed by atoms with Crippen molar-refractivity contribution in [1.29, 1.82) is 0 Å². The topological polar surface area (TPSA) is 63.1 Å². The lowest BCUT2D eigenvalue weighted by atomic mass is 10.1. The lowest BCUT2D eigenvalue weighted by molar-refractivity contribution is 0.194. The van der Waals surface area contributed by atoms with Crippen LogP contribution in [0.1, 0.15) is 5.69 Å². The quantitative estimate of drug-likeness (QED) is 0.675. The number of halogens is 3. The Hall–Kier alpha value is -3.00. The van der Waals surface area contributed by atoms with Crippen molar-refractivity contribution in [1.82, 2.24) is 19.7 Å². The first-order valence-electron chi connectivity index (χ1n) is 8.20. The van der Waals surface area contributed by atoms with Crippen LogP contribution in [0.2, 0.25) is 5.15 Å². The fraction of sp³-hybridized carbons (Fsp3) is 0.167. The predicted molar refractivity (Wildman–Crippen MR) is 96.3 cm³/mol. The van der Waals surface area contributed by atoms with E-state index in [9.17, 15) is 13.6 Å². The maximum absolute atomic E-state index is 13.2. The van der Waals surface area contributed by atoms with Crippen LogP contribution in [0, 0.1) is 11.6 Å². The molecule has 4 rings (SSSR count). The van der Waals surface area contributed by atoms with Crippen LogP contribution in [0.25, 0.3) is 11.1 Å². The van der Waals surface area contributed by atoms with Gasteiger partial charge < -0.3 is 4.90 Å². The molecule has 2 amide bonds. The molecule has 0 spiro atoms. The second kappa shape index (κ2) is 6.96. The minimum absolute atomic E-state index is 0.171. The zero-order valence-electron chi connectivity index (χ0n) is 14.0. The van der Waals surface area contributed by atoms with E-state index in [0.29, 0.717) is 19.6 Å². The number of hydrogen-bond donors (Lipinski definition) is 1. The summed E-state index contributed by atoms with van der Waals surface area (Å²) in [7, 11) is 0. The van der Waals surface area contributed by atoms with Gasteiger partial charge in [0, 0.05) is 12.1 Å². The number of nitrogens with one attached hydrogen (secondary N) is 1. The van der Waals surface area contributed by atoms with Crippen LogP contribution < -0.4 is 5.32 Å². The summed E-state index contributed by atoms with van der Waals surface area (Å²) in [5, 5.41) is 6.66. The van der Waals surface area contributed by atoms with Gasteiger partial charge in [0.2, 0.25) is 0 Å². The number of fused-ring (bicyclic) bond motifs is 1. The molecule has 1 aromatic carbocycles. The molecule has 0 radical (unpaired) electrons. The van der Waals surface area contributed by atoms with Crippen molar-refractivity contribution in [2.24, 2.45) is 0 Å². The minimum atomic E-state index is -0.652. The second-order valence-corrected chi connectivity index (χ2v) is 6.41. The van der Waals surface area contributed by atoms with E-state index in [1.165, 1.54) is 18.2 Å². The maximum atomic E-state index is 13.2. The van der Waals surface area contributed by atoms with Crippen LogP contribution in [0.3, 0.4) is 0 Å². The average Bonchev–Trinajstić information content (AvgIpc) is 3.08. The SMILES string of the molecule is O=C(Nc1ccc(F)c(Cl)n1)N1CCn2ncc(-c3ccc(F)cc3)c2C1. The van der Waals surface area contributed by atoms with Gasteiger partial charge in [-0.1, -0.05) is 23.7 Å². The van der Waals surface area contributed by atoms with Crippen molar-refractivity contribution in [3.05, 3.63) is 65.1 Å². The van der Waals surface area contributed by atoms with Gasteiger partial charge >= 0.3 is 6.03 Å². The Bertz CT molecular complexity index is 1010. The first-order chi connectivity index (χ1) is 13.0. The number of carbonyl (C=O) groups excluding carboxylic acids is 1. The van der Waals surface area contributed by atoms with Gasteiger partial charge in [-0.2, -0.15) is 5.10 Å². The van der Waals surface area contributed by atoms with Crippen LogP contribution in [0.4, 0.5) is 19.4 Å². The Balaban J connectivity index is 1.53. The summed E-state index contributed by atoms with van der Waals surface area (Å²) in [6, 6.07) is 8.24. The molecule has 0 bridgehead atoms. The Morgan fingerprint density at radius 3 is 2.63 bits per heavy atom. The normalized spacial score (nSPS) is 13.4. The average molecular weight is 390 g/mol. The molecule has 9 heteroatoms. The molecule has 3 heterocycles. The highest BCUT2D eigenvalue weighted by Gasteiger charge is 2.25. The van der Waals surface area contributed by atoms with E-state index in [4.69, 9.17) is 11.6 Å². The Labute approximate surface area is 158 Å². The molecule has 2 aromatic heterocycles. The summed E-state index contributed by atoms with van der Waals surface area (Å²) in [6.07, 6.45) is 1.71. The van der Waals surface area contributed by atoms with Crippen LogP contribution in [0.15, 0.2) is 42.6 Å². The van der Waals surface area contributed by atoms with Gasteiger partial charge in [0.25, 0.3) is 0 Å². The molecule has 1 aliphatic rings. The first kappa shape index (κ1) is 17.4. The molecule has 3 aromatic rings. The molecule has 6 nitrogen and oxygen atoms in total. The van der Waals surface area contributed by atoms with E-state index in [-0.39, 0.29) is 22.8 Å². The van der Waals surface area contributed by atoms with Gasteiger partial charge in [0.1, 0.15) is 11.6 Å². The van der Waals surface area contributed by atoms with Crippen molar-refractivity contribution in [3.63, 3.8) is 0 Å². The molecule has 0 saturated heterocycles. The highest BCUT2D eigenvalue weighted by molar-refractivity contribution is 6.29. The zero-order chi connectivity index (χ0) is 19.0. The second-order valence-electron chi connectivity index (χ2n) is 6.06. The third kappa shape index (κ3) is 3.48. The van der Waals surface area contributed by atoms with E-state index in [1.54, 1.807) is 23.2 Å². The van der Waals surface area contributed by atoms with E-state index in [0.717, 1.165) is 22.9 Å². The number of anilines is 1. The fourth-order valence-corrected chi connectivity index (χ4v) is 3.12. The monoisotopic (exact) mass is 389 g/mol. The summed E-state index contributed by atoms with van der Waals surface area (Å²) in [5.41, 5.74) is 2.52. The molecule has 27 heavy (non-hydrogen) atoms. The number of carbonyl (C=O) groups is 1. The van der Waals surface area contributed by atoms with E-state index >= 15 is 0 Å². The first-order valence-corrected chi connectivity index (χ1v) is 8.57. The number of aromatic nitrogens is 3. The van der Waals surface area contributed by atoms with Gasteiger partial charge in [-0.15, -0.1) is 0 Å². The molecule has 0 fully saturated rings. The van der Waals surface area contributed by atoms with E-state index in [2.05, 4.69) is 15.4 Å². The summed E-state index contributed by atoms with van der Waals surface area (Å²) in [6.45, 7) is 1.31. The van der Waals surface area contributed by atoms with Crippen LogP contribution in [-0.4, -0.2) is 32.2 Å². The Kier molecular flexibility index (Phi) is 4.49. The van der Waals surface area contributed by atoms with E-state index in [1.807, 2.05) is 4.68 Å². The molecular formula is C18H14ClF2N5O. The smallest absolute Gasteiger partial charge is 0.317 e. The molecule has 0 saturated carbocycles. The van der Waals surface area contributed by atoms with E-state index < -0.39 is 5.82 Å². The number of benzene rings is 1. The van der Waals surface area contributed by atoms with Gasteiger partial charge in [-0.25, -0.2) is 18.6 Å². The third-order valence-electron chi connectivity index (χ3n) is 4.35. The molecule has 0 aliphatic carbocycles. The highest BCUT2D eigenvalue weighted by Crippen LogP contribution is 2.27. The minimum Gasteiger partial charge on any atom is -0.317 e. The number of urea groups is 1. The van der Waals surface area contributed by atoms with Crippen LogP contribution >= 0.6 is 11.6 Å². The third-order valence-corrected chi connectivity index (χ3v) is 4.62. The van der Waals surface area contributed by atoms with Crippen LogP contribution in [0.5, 0.6) is 0 Å². The van der Waals surface area contributed by atoms with Crippen molar-refractivity contribution < 1.29 is 13.6 Å². The standard InChI is InChI=1S/C18H14ClF2N5O/c19-17-14(21)5-6-16(23-17)24-18(27)25-7-8-26-15(10-25)13(9-22-26)11-1-3-12(20)4-2-11/h1-6,9H,7-8,10H2,(H,23,24,27). The maximum Gasteiger partial charge on any atom is 0.323 e. The number of amides is 2. The van der Waals surface area contributed by atoms with Gasteiger partial charge in [0.05, 0.1) is 25.0 Å². The van der Waals surface area contributed by atoms with Crippen molar-refractivity contribution in [3.8, 4) is 11.1 Å². The molecule has 0 atom stereocenters. The number of hydrogen-bond acceptors (Lipinski definition) is 3. The highest BCUT2D eigenvalue weighted by atomic mass is 35.5. The predicted octanol–water partition coefficient (Wildman–Crippen LogP) is 3.92. The fourth-order valence-electron chi connectivity index (χ4n) is 2.96. The zero-order valence-corrected chi connectivity index (χ0v) is 14.7. The van der Waals surface area contributed by atoms with Crippen molar-refractivity contribution in [2.75, 3.05) is 11.9 Å². The van der Waals surface area contributed by atoms with Gasteiger partial charge in [0.15, 0.2) is 11.0 Å². The molecular weight excluding hydrogens is 376 g/mol. The number of pyridine rings is 1. The van der Waals surface area contributed by atoms with Gasteiger partial charge in [-0.05, 0) is 29.8 Å². The van der Waals surface area contributed by atoms with Crippen molar-refractivity contribution in [2.45, 2.75) is 13.1 Å². The summed E-state index contributed by atoms with van der Waals surface area (Å²) in [5.74, 6) is -0.795. The molecule has 0 unspecified atom stereocenters. The van der Waals surface area contributed by atoms with Gasteiger partial charge in [-0.3, -0.25) is 10.00 Å². The molecule has 1 N–H and O–H groups in total. The summed E-state index contributed by atoms with van der Waals surface area (Å²) >= 11 is 5.65. The van der Waals surface area contributed by atoms with Crippen LogP contribution in [-0.2, 0) is 13.1 Å². The summed E-state index contributed by atoms with van der Waals surface area (Å²) in [4.78, 5) is 17.9. The lowest BCUT2D eigenvalue weighted by Crippen LogP contribution is -2.41. The Morgan fingerprint density at radius 2 is 1.89 bits per heavy atom. The largest absolute Gasteiger partial charge is 0.323 e. The lowest BCUT2D eigenvalue weighted by Gasteiger charge is -2.28. The molecule has 1 aliphatic heterocycles. The van der Waals surface area contributed by atoms with Crippen molar-refractivity contribution >= 4 is 23.4 Å². The molecule has 138 valence electrons. The Morgan fingerprint density at radius 1 is 1.11 bits per heavy atom. The number of nitrogens with zero attached hydrogens (tertiary/aromatic N) is 4. The summed E-state index contributed by atoms with van der Waals surface area (Å²) < 4.78 is 28.2.